The fraction of sp³-hybridized carbons (Fsp3) is 0.909. The summed E-state index contributed by atoms with van der Waals surface area (Å²) in [6.45, 7) is 3.87. The van der Waals surface area contributed by atoms with Gasteiger partial charge in [0.15, 0.2) is 0 Å². The van der Waals surface area contributed by atoms with Crippen molar-refractivity contribution >= 4 is 6.29 Å². The van der Waals surface area contributed by atoms with E-state index in [9.17, 15) is 14.9 Å². The van der Waals surface area contributed by atoms with Gasteiger partial charge < -0.3 is 4.79 Å². The summed E-state index contributed by atoms with van der Waals surface area (Å²) in [7, 11) is 0. The zero-order chi connectivity index (χ0) is 11.7. The van der Waals surface area contributed by atoms with Crippen molar-refractivity contribution < 1.29 is 9.72 Å². The Bertz CT molecular complexity index is 194. The normalized spacial score (nSPS) is 14.5. The minimum absolute atomic E-state index is 0.321. The second-order valence-corrected chi connectivity index (χ2v) is 3.91. The number of carbonyl (C=O) groups is 1. The molecule has 0 aliphatic heterocycles. The summed E-state index contributed by atoms with van der Waals surface area (Å²) in [5, 5.41) is 10.7. The molecular formula is C11H21NO3. The molecule has 0 aromatic carbocycles. The smallest absolute Gasteiger partial charge is 0.222 e. The first-order valence-corrected chi connectivity index (χ1v) is 5.76. The van der Waals surface area contributed by atoms with Crippen molar-refractivity contribution in [2.24, 2.45) is 5.92 Å². The molecule has 0 amide bonds. The molecule has 0 bridgehead atoms. The van der Waals surface area contributed by atoms with Crippen molar-refractivity contribution in [3.8, 4) is 0 Å². The summed E-state index contributed by atoms with van der Waals surface area (Å²) in [5.41, 5.74) is 0. The fourth-order valence-electron chi connectivity index (χ4n) is 1.77. The van der Waals surface area contributed by atoms with E-state index in [2.05, 4.69) is 6.92 Å². The highest BCUT2D eigenvalue weighted by Crippen LogP contribution is 2.17. The second kappa shape index (κ2) is 8.38. The van der Waals surface area contributed by atoms with Crippen LogP contribution in [0.15, 0.2) is 0 Å². The van der Waals surface area contributed by atoms with E-state index in [4.69, 9.17) is 0 Å². The van der Waals surface area contributed by atoms with Crippen LogP contribution in [-0.4, -0.2) is 17.3 Å². The average molecular weight is 215 g/mol. The fourth-order valence-corrected chi connectivity index (χ4v) is 1.77. The van der Waals surface area contributed by atoms with Crippen molar-refractivity contribution in [1.82, 2.24) is 0 Å². The van der Waals surface area contributed by atoms with Crippen molar-refractivity contribution in [2.75, 3.05) is 0 Å². The first kappa shape index (κ1) is 14.1. The van der Waals surface area contributed by atoms with Crippen LogP contribution in [0.4, 0.5) is 0 Å². The van der Waals surface area contributed by atoms with E-state index in [0.717, 1.165) is 32.0 Å². The molecule has 0 N–H and O–H groups in total. The highest BCUT2D eigenvalue weighted by atomic mass is 16.6. The number of nitro groups is 1. The molecule has 4 heteroatoms. The van der Waals surface area contributed by atoms with E-state index in [1.807, 2.05) is 0 Å². The van der Waals surface area contributed by atoms with Crippen LogP contribution in [0.1, 0.15) is 52.4 Å². The van der Waals surface area contributed by atoms with Gasteiger partial charge in [-0.15, -0.1) is 0 Å². The van der Waals surface area contributed by atoms with E-state index in [-0.39, 0.29) is 4.92 Å². The van der Waals surface area contributed by atoms with Gasteiger partial charge in [-0.1, -0.05) is 39.5 Å². The van der Waals surface area contributed by atoms with Gasteiger partial charge in [-0.05, 0) is 6.42 Å². The molecule has 0 spiro atoms. The summed E-state index contributed by atoms with van der Waals surface area (Å²) in [4.78, 5) is 21.1. The maximum Gasteiger partial charge on any atom is 0.222 e. The Hall–Kier alpha value is -0.930. The predicted molar refractivity (Wildman–Crippen MR) is 59.4 cm³/mol. The number of hydrogen-bond acceptors (Lipinski definition) is 3. The highest BCUT2D eigenvalue weighted by Gasteiger charge is 2.28. The molecule has 0 saturated carbocycles. The number of nitrogens with zero attached hydrogens (tertiary/aromatic N) is 1. The number of carbonyl (C=O) groups excluding carboxylic acids is 1. The first-order chi connectivity index (χ1) is 7.17. The first-order valence-electron chi connectivity index (χ1n) is 5.76. The van der Waals surface area contributed by atoms with Gasteiger partial charge in [0.05, 0.1) is 5.92 Å². The third-order valence-corrected chi connectivity index (χ3v) is 2.75. The molecule has 88 valence electrons. The molecule has 2 atom stereocenters. The Labute approximate surface area is 91.2 Å². The van der Waals surface area contributed by atoms with Gasteiger partial charge in [0.25, 0.3) is 0 Å². The van der Waals surface area contributed by atoms with E-state index < -0.39 is 12.0 Å². The molecule has 0 aromatic rings. The van der Waals surface area contributed by atoms with Crippen LogP contribution in [-0.2, 0) is 4.79 Å². The standard InChI is InChI=1S/C11H21NO3/c1-3-5-6-7-8-10(9-13)11(4-2)12(14)15/h9-11H,3-8H2,1-2H3/t10-,11-/m0/s1. The van der Waals surface area contributed by atoms with Crippen LogP contribution < -0.4 is 0 Å². The molecule has 4 nitrogen and oxygen atoms in total. The zero-order valence-electron chi connectivity index (χ0n) is 9.65. The summed E-state index contributed by atoms with van der Waals surface area (Å²) in [5.74, 6) is -0.401. The van der Waals surface area contributed by atoms with Crippen molar-refractivity contribution in [3.05, 3.63) is 10.1 Å². The van der Waals surface area contributed by atoms with Crippen LogP contribution in [0.25, 0.3) is 0 Å². The molecule has 0 aliphatic carbocycles. The minimum Gasteiger partial charge on any atom is -0.303 e. The van der Waals surface area contributed by atoms with Gasteiger partial charge in [0.2, 0.25) is 6.04 Å². The summed E-state index contributed by atoms with van der Waals surface area (Å²) < 4.78 is 0. The zero-order valence-corrected chi connectivity index (χ0v) is 9.65. The average Bonchev–Trinajstić information content (AvgIpc) is 2.22. The lowest BCUT2D eigenvalue weighted by Gasteiger charge is -2.13. The van der Waals surface area contributed by atoms with E-state index >= 15 is 0 Å². The van der Waals surface area contributed by atoms with E-state index in [1.54, 1.807) is 6.92 Å². The topological polar surface area (TPSA) is 60.2 Å². The van der Waals surface area contributed by atoms with E-state index in [0.29, 0.717) is 12.8 Å². The number of hydrogen-bond donors (Lipinski definition) is 0. The molecule has 0 radical (unpaired) electrons. The van der Waals surface area contributed by atoms with Gasteiger partial charge >= 0.3 is 0 Å². The quantitative estimate of drug-likeness (QED) is 0.257. The predicted octanol–water partition coefficient (Wildman–Crippen LogP) is 2.83. The molecule has 15 heavy (non-hydrogen) atoms. The van der Waals surface area contributed by atoms with Gasteiger partial charge in [0, 0.05) is 11.3 Å². The maximum atomic E-state index is 10.8. The Morgan fingerprint density at radius 3 is 2.33 bits per heavy atom. The summed E-state index contributed by atoms with van der Waals surface area (Å²) in [6, 6.07) is -0.691. The van der Waals surface area contributed by atoms with Crippen molar-refractivity contribution in [3.63, 3.8) is 0 Å². The molecule has 0 unspecified atom stereocenters. The lowest BCUT2D eigenvalue weighted by Crippen LogP contribution is -2.29. The molecule has 0 fully saturated rings. The largest absolute Gasteiger partial charge is 0.303 e. The van der Waals surface area contributed by atoms with Crippen LogP contribution in [0.5, 0.6) is 0 Å². The monoisotopic (exact) mass is 215 g/mol. The van der Waals surface area contributed by atoms with Crippen LogP contribution in [0.2, 0.25) is 0 Å². The van der Waals surface area contributed by atoms with Gasteiger partial charge in [0.1, 0.15) is 6.29 Å². The van der Waals surface area contributed by atoms with E-state index in [1.165, 1.54) is 0 Å². The second-order valence-electron chi connectivity index (χ2n) is 3.91. The van der Waals surface area contributed by atoms with Crippen LogP contribution in [0.3, 0.4) is 0 Å². The lowest BCUT2D eigenvalue weighted by molar-refractivity contribution is -0.529. The van der Waals surface area contributed by atoms with Crippen molar-refractivity contribution in [1.29, 1.82) is 0 Å². The Morgan fingerprint density at radius 2 is 1.93 bits per heavy atom. The third-order valence-electron chi connectivity index (χ3n) is 2.75. The Balaban J connectivity index is 3.99. The molecule has 0 rings (SSSR count). The number of aldehydes is 1. The minimum atomic E-state index is -0.691. The maximum absolute atomic E-state index is 10.8. The number of rotatable bonds is 9. The van der Waals surface area contributed by atoms with Crippen LogP contribution >= 0.6 is 0 Å². The van der Waals surface area contributed by atoms with Gasteiger partial charge in [-0.2, -0.15) is 0 Å². The SMILES string of the molecule is CCCCCC[C@@H](C=O)[C@H](CC)[N+](=O)[O-]. The van der Waals surface area contributed by atoms with Crippen LogP contribution in [0, 0.1) is 16.0 Å². The van der Waals surface area contributed by atoms with Crippen molar-refractivity contribution in [2.45, 2.75) is 58.4 Å². The summed E-state index contributed by atoms with van der Waals surface area (Å²) in [6.07, 6.45) is 6.10. The molecule has 0 heterocycles. The molecular weight excluding hydrogens is 194 g/mol. The van der Waals surface area contributed by atoms with Gasteiger partial charge in [-0.3, -0.25) is 10.1 Å². The summed E-state index contributed by atoms with van der Waals surface area (Å²) >= 11 is 0. The molecule has 0 saturated heterocycles. The third kappa shape index (κ3) is 5.50. The Kier molecular flexibility index (Phi) is 7.86. The highest BCUT2D eigenvalue weighted by molar-refractivity contribution is 5.54. The Morgan fingerprint density at radius 1 is 1.27 bits per heavy atom. The van der Waals surface area contributed by atoms with Gasteiger partial charge in [-0.25, -0.2) is 0 Å². The molecule has 0 aromatic heterocycles. The molecule has 0 aliphatic rings. The number of unbranched alkanes of at least 4 members (excludes halogenated alkanes) is 3. The lowest BCUT2D eigenvalue weighted by atomic mass is 9.93.